The largest absolute Gasteiger partial charge is 0.497 e. The molecule has 0 heterocycles. The zero-order valence-corrected chi connectivity index (χ0v) is 14.5. The number of para-hydroxylation sites is 1. The first-order valence-electron chi connectivity index (χ1n) is 7.56. The second-order valence-corrected chi connectivity index (χ2v) is 5.11. The standard InChI is InChI=1S/C18H18F2N2O4/c1-11(15-6-4-5-7-16(15)26-18(19)20)21-22-17(23)12-8-13(24-2)10-14(9-12)25-3/h4-10,18H,1-3H3,(H,22,23)/b21-11-. The first kappa shape index (κ1) is 19.2. The van der Waals surface area contributed by atoms with Gasteiger partial charge >= 0.3 is 6.61 Å². The lowest BCUT2D eigenvalue weighted by molar-refractivity contribution is -0.0499. The molecule has 8 heteroatoms. The monoisotopic (exact) mass is 364 g/mol. The minimum Gasteiger partial charge on any atom is -0.497 e. The van der Waals surface area contributed by atoms with Crippen molar-refractivity contribution in [2.75, 3.05) is 14.2 Å². The van der Waals surface area contributed by atoms with E-state index < -0.39 is 12.5 Å². The SMILES string of the molecule is COc1cc(OC)cc(C(=O)N/N=C(/C)c2ccccc2OC(F)F)c1. The molecule has 0 aliphatic rings. The van der Waals surface area contributed by atoms with Crippen LogP contribution in [0.15, 0.2) is 47.6 Å². The smallest absolute Gasteiger partial charge is 0.387 e. The molecule has 1 amide bonds. The summed E-state index contributed by atoms with van der Waals surface area (Å²) in [5.74, 6) is 0.367. The summed E-state index contributed by atoms with van der Waals surface area (Å²) in [6, 6.07) is 10.9. The summed E-state index contributed by atoms with van der Waals surface area (Å²) < 4.78 is 39.7. The quantitative estimate of drug-likeness (QED) is 0.603. The van der Waals surface area contributed by atoms with Crippen molar-refractivity contribution in [3.63, 3.8) is 0 Å². The van der Waals surface area contributed by atoms with Crippen molar-refractivity contribution >= 4 is 11.6 Å². The number of amides is 1. The molecule has 26 heavy (non-hydrogen) atoms. The van der Waals surface area contributed by atoms with Crippen LogP contribution in [0, 0.1) is 0 Å². The van der Waals surface area contributed by atoms with Crippen molar-refractivity contribution < 1.29 is 27.8 Å². The third-order valence-electron chi connectivity index (χ3n) is 3.43. The predicted octanol–water partition coefficient (Wildman–Crippen LogP) is 3.46. The number of hydrazone groups is 1. The molecule has 6 nitrogen and oxygen atoms in total. The maximum atomic E-state index is 12.5. The topological polar surface area (TPSA) is 69.2 Å². The molecule has 0 aliphatic carbocycles. The van der Waals surface area contributed by atoms with Gasteiger partial charge in [-0.25, -0.2) is 5.43 Å². The van der Waals surface area contributed by atoms with Crippen LogP contribution in [-0.2, 0) is 0 Å². The molecule has 138 valence electrons. The Kier molecular flexibility index (Phi) is 6.48. The van der Waals surface area contributed by atoms with E-state index in [4.69, 9.17) is 9.47 Å². The number of methoxy groups -OCH3 is 2. The minimum absolute atomic E-state index is 0.0268. The van der Waals surface area contributed by atoms with Crippen LogP contribution < -0.4 is 19.6 Å². The summed E-state index contributed by atoms with van der Waals surface area (Å²) in [6.07, 6.45) is 0. The number of hydrogen-bond acceptors (Lipinski definition) is 5. The van der Waals surface area contributed by atoms with Crippen LogP contribution in [0.2, 0.25) is 0 Å². The van der Waals surface area contributed by atoms with Gasteiger partial charge in [-0.1, -0.05) is 12.1 Å². The van der Waals surface area contributed by atoms with Gasteiger partial charge in [-0.05, 0) is 31.2 Å². The highest BCUT2D eigenvalue weighted by molar-refractivity contribution is 6.02. The molecule has 1 N–H and O–H groups in total. The van der Waals surface area contributed by atoms with Crippen molar-refractivity contribution in [3.8, 4) is 17.2 Å². The Morgan fingerprint density at radius 1 is 1.08 bits per heavy atom. The molecule has 2 rings (SSSR count). The Bertz CT molecular complexity index is 787. The number of rotatable bonds is 7. The number of nitrogens with zero attached hydrogens (tertiary/aromatic N) is 1. The lowest BCUT2D eigenvalue weighted by atomic mass is 10.1. The second kappa shape index (κ2) is 8.80. The predicted molar refractivity (Wildman–Crippen MR) is 92.3 cm³/mol. The summed E-state index contributed by atoms with van der Waals surface area (Å²) >= 11 is 0. The fourth-order valence-electron chi connectivity index (χ4n) is 2.16. The number of alkyl halides is 2. The highest BCUT2D eigenvalue weighted by Crippen LogP contribution is 2.23. The van der Waals surface area contributed by atoms with Gasteiger partial charge in [0.25, 0.3) is 5.91 Å². The molecule has 0 spiro atoms. The molecule has 0 radical (unpaired) electrons. The van der Waals surface area contributed by atoms with Gasteiger partial charge in [0.2, 0.25) is 0 Å². The molecular formula is C18H18F2N2O4. The Morgan fingerprint density at radius 3 is 2.27 bits per heavy atom. The Labute approximate surface area is 149 Å². The Hall–Kier alpha value is -3.16. The number of ether oxygens (including phenoxy) is 3. The molecule has 0 fully saturated rings. The fraction of sp³-hybridized carbons (Fsp3) is 0.222. The molecule has 0 saturated carbocycles. The van der Waals surface area contributed by atoms with Crippen LogP contribution in [0.3, 0.4) is 0 Å². The van der Waals surface area contributed by atoms with Gasteiger partial charge in [-0.3, -0.25) is 4.79 Å². The maximum absolute atomic E-state index is 12.5. The van der Waals surface area contributed by atoms with Crippen LogP contribution in [0.1, 0.15) is 22.8 Å². The van der Waals surface area contributed by atoms with Gasteiger partial charge in [0.05, 0.1) is 19.9 Å². The summed E-state index contributed by atoms with van der Waals surface area (Å²) in [5.41, 5.74) is 3.30. The average Bonchev–Trinajstić information content (AvgIpc) is 2.65. The molecule has 0 unspecified atom stereocenters. The molecular weight excluding hydrogens is 346 g/mol. The fourth-order valence-corrected chi connectivity index (χ4v) is 2.16. The number of halogens is 2. The summed E-state index contributed by atoms with van der Waals surface area (Å²) in [5, 5.41) is 3.96. The van der Waals surface area contributed by atoms with Crippen molar-refractivity contribution in [2.45, 2.75) is 13.5 Å². The first-order valence-corrected chi connectivity index (χ1v) is 7.56. The first-order chi connectivity index (χ1) is 12.4. The molecule has 2 aromatic carbocycles. The van der Waals surface area contributed by atoms with Gasteiger partial charge in [-0.2, -0.15) is 13.9 Å². The highest BCUT2D eigenvalue weighted by atomic mass is 19.3. The van der Waals surface area contributed by atoms with E-state index in [0.29, 0.717) is 22.8 Å². The number of nitrogens with one attached hydrogen (secondary N) is 1. The van der Waals surface area contributed by atoms with Crippen molar-refractivity contribution in [1.29, 1.82) is 0 Å². The van der Waals surface area contributed by atoms with E-state index in [9.17, 15) is 13.6 Å². The van der Waals surface area contributed by atoms with Gasteiger partial charge in [0.1, 0.15) is 17.2 Å². The summed E-state index contributed by atoms with van der Waals surface area (Å²) in [4.78, 5) is 12.3. The molecule has 0 aliphatic heterocycles. The van der Waals surface area contributed by atoms with Crippen molar-refractivity contribution in [3.05, 3.63) is 53.6 Å². The Morgan fingerprint density at radius 2 is 1.69 bits per heavy atom. The van der Waals surface area contributed by atoms with Crippen LogP contribution in [0.4, 0.5) is 8.78 Å². The van der Waals surface area contributed by atoms with Gasteiger partial charge < -0.3 is 14.2 Å². The maximum Gasteiger partial charge on any atom is 0.387 e. The Balaban J connectivity index is 2.20. The van der Waals surface area contributed by atoms with Crippen LogP contribution >= 0.6 is 0 Å². The summed E-state index contributed by atoms with van der Waals surface area (Å²) in [6.45, 7) is -1.39. The molecule has 2 aromatic rings. The third-order valence-corrected chi connectivity index (χ3v) is 3.43. The average molecular weight is 364 g/mol. The van der Waals surface area contributed by atoms with Gasteiger partial charge in [0.15, 0.2) is 0 Å². The molecule has 0 saturated heterocycles. The minimum atomic E-state index is -2.96. The zero-order chi connectivity index (χ0) is 19.1. The van der Waals surface area contributed by atoms with E-state index >= 15 is 0 Å². The van der Waals surface area contributed by atoms with Crippen LogP contribution in [0.5, 0.6) is 17.2 Å². The normalized spacial score (nSPS) is 11.2. The zero-order valence-electron chi connectivity index (χ0n) is 14.5. The van der Waals surface area contributed by atoms with Crippen LogP contribution in [0.25, 0.3) is 0 Å². The number of carbonyl (C=O) groups excluding carboxylic acids is 1. The van der Waals surface area contributed by atoms with Crippen LogP contribution in [-0.4, -0.2) is 32.4 Å². The van der Waals surface area contributed by atoms with E-state index in [-0.39, 0.29) is 11.3 Å². The number of benzene rings is 2. The number of hydrogen-bond donors (Lipinski definition) is 1. The third kappa shape index (κ3) is 4.92. The van der Waals surface area contributed by atoms with E-state index in [0.717, 1.165) is 0 Å². The summed E-state index contributed by atoms with van der Waals surface area (Å²) in [7, 11) is 2.94. The van der Waals surface area contributed by atoms with E-state index in [2.05, 4.69) is 15.3 Å². The second-order valence-electron chi connectivity index (χ2n) is 5.11. The lowest BCUT2D eigenvalue weighted by Crippen LogP contribution is -2.20. The lowest BCUT2D eigenvalue weighted by Gasteiger charge is -2.10. The molecule has 0 bridgehead atoms. The van der Waals surface area contributed by atoms with Crippen molar-refractivity contribution in [1.82, 2.24) is 5.43 Å². The van der Waals surface area contributed by atoms with Crippen molar-refractivity contribution in [2.24, 2.45) is 5.10 Å². The van der Waals surface area contributed by atoms with E-state index in [1.807, 2.05) is 0 Å². The van der Waals surface area contributed by atoms with E-state index in [1.54, 1.807) is 31.2 Å². The van der Waals surface area contributed by atoms with Gasteiger partial charge in [0, 0.05) is 17.2 Å². The highest BCUT2D eigenvalue weighted by Gasteiger charge is 2.13. The van der Waals surface area contributed by atoms with Gasteiger partial charge in [-0.15, -0.1) is 0 Å². The molecule has 0 aromatic heterocycles. The molecule has 0 atom stereocenters. The number of carbonyl (C=O) groups is 1. The van der Waals surface area contributed by atoms with E-state index in [1.165, 1.54) is 32.4 Å².